The molecule has 2 aromatic carbocycles. The topological polar surface area (TPSA) is 50.5 Å². The maximum absolute atomic E-state index is 6.26. The van der Waals surface area contributed by atoms with Crippen molar-refractivity contribution in [3.8, 4) is 16.9 Å². The summed E-state index contributed by atoms with van der Waals surface area (Å²) in [6.45, 7) is 13.2. The van der Waals surface area contributed by atoms with Crippen LogP contribution in [0.4, 0.5) is 10.7 Å². The van der Waals surface area contributed by atoms with E-state index in [0.717, 1.165) is 48.1 Å². The highest BCUT2D eigenvalue weighted by atomic mass is 32.1. The normalized spacial score (nSPS) is 11.1. The summed E-state index contributed by atoms with van der Waals surface area (Å²) >= 11 is 1.74. The van der Waals surface area contributed by atoms with Crippen LogP contribution in [0.15, 0.2) is 125 Å². The summed E-state index contributed by atoms with van der Waals surface area (Å²) in [4.78, 5) is 3.52. The number of anilines is 2. The molecule has 0 saturated carbocycles. The molecule has 0 spiro atoms. The molecule has 3 aromatic rings. The summed E-state index contributed by atoms with van der Waals surface area (Å²) in [6.07, 6.45) is 0. The van der Waals surface area contributed by atoms with Crippen LogP contribution in [0.5, 0.6) is 5.75 Å². The molecule has 192 valence electrons. The second-order valence-corrected chi connectivity index (χ2v) is 9.26. The summed E-state index contributed by atoms with van der Waals surface area (Å²) in [5, 5.41) is 4.55. The molecular formula is C34H29N3OS. The SMILES string of the molecule is C=C=C=C=C=C=C=C=C=C=C=C.Cc1c(OCc2cc(N)c(N3CCNCC3)s2)cccc1-c1ccccc1. The third-order valence-electron chi connectivity index (χ3n) is 5.55. The molecule has 1 aliphatic rings. The predicted molar refractivity (Wildman–Crippen MR) is 161 cm³/mol. The van der Waals surface area contributed by atoms with E-state index in [1.165, 1.54) is 16.1 Å². The van der Waals surface area contributed by atoms with Crippen LogP contribution in [0.2, 0.25) is 0 Å². The molecule has 2 heterocycles. The Labute approximate surface area is 234 Å². The number of rotatable bonds is 5. The number of benzene rings is 2. The number of nitrogens with two attached hydrogens (primary N) is 1. The van der Waals surface area contributed by atoms with Gasteiger partial charge in [-0.2, -0.15) is 0 Å². The van der Waals surface area contributed by atoms with E-state index in [2.05, 4.69) is 130 Å². The second kappa shape index (κ2) is 16.0. The van der Waals surface area contributed by atoms with Crippen molar-refractivity contribution in [2.24, 2.45) is 0 Å². The van der Waals surface area contributed by atoms with Gasteiger partial charge in [-0.3, -0.25) is 0 Å². The van der Waals surface area contributed by atoms with Crippen molar-refractivity contribution in [3.63, 3.8) is 0 Å². The highest BCUT2D eigenvalue weighted by Crippen LogP contribution is 2.35. The molecular weight excluding hydrogens is 498 g/mol. The molecule has 1 fully saturated rings. The second-order valence-electron chi connectivity index (χ2n) is 8.15. The minimum atomic E-state index is 0.542. The zero-order valence-corrected chi connectivity index (χ0v) is 22.8. The molecule has 3 N–H and O–H groups in total. The fourth-order valence-corrected chi connectivity index (χ4v) is 4.80. The number of nitrogens with zero attached hydrogens (tertiary/aromatic N) is 1. The lowest BCUT2D eigenvalue weighted by Gasteiger charge is -2.28. The van der Waals surface area contributed by atoms with Gasteiger partial charge in [-0.25, -0.2) is 0 Å². The molecule has 0 amide bonds. The van der Waals surface area contributed by atoms with Gasteiger partial charge in [0.25, 0.3) is 0 Å². The summed E-state index contributed by atoms with van der Waals surface area (Å²) in [6, 6.07) is 18.7. The lowest BCUT2D eigenvalue weighted by Crippen LogP contribution is -2.43. The molecule has 4 nitrogen and oxygen atoms in total. The van der Waals surface area contributed by atoms with Gasteiger partial charge in [-0.15, -0.1) is 11.3 Å². The monoisotopic (exact) mass is 527 g/mol. The largest absolute Gasteiger partial charge is 0.488 e. The first kappa shape index (κ1) is 28.6. The van der Waals surface area contributed by atoms with Crippen LogP contribution in [-0.2, 0) is 6.61 Å². The fraction of sp³-hybridized carbons (Fsp3) is 0.176. The minimum absolute atomic E-state index is 0.542. The van der Waals surface area contributed by atoms with Gasteiger partial charge in [0.05, 0.1) is 5.69 Å². The zero-order valence-electron chi connectivity index (χ0n) is 22.0. The highest BCUT2D eigenvalue weighted by molar-refractivity contribution is 7.16. The Balaban J connectivity index is 0.000000298. The first-order chi connectivity index (χ1) is 19.1. The van der Waals surface area contributed by atoms with Gasteiger partial charge < -0.3 is 20.7 Å². The molecule has 0 aliphatic carbocycles. The molecule has 0 radical (unpaired) electrons. The number of nitrogen functional groups attached to an aromatic ring is 1. The predicted octanol–water partition coefficient (Wildman–Crippen LogP) is 6.65. The van der Waals surface area contributed by atoms with E-state index >= 15 is 0 Å². The van der Waals surface area contributed by atoms with Crippen LogP contribution in [-0.4, -0.2) is 26.2 Å². The molecule has 1 aromatic heterocycles. The highest BCUT2D eigenvalue weighted by Gasteiger charge is 2.17. The van der Waals surface area contributed by atoms with Crippen molar-refractivity contribution in [2.75, 3.05) is 36.8 Å². The van der Waals surface area contributed by atoms with Crippen molar-refractivity contribution in [3.05, 3.63) is 136 Å². The molecule has 0 bridgehead atoms. The Hall–Kier alpha value is -4.96. The van der Waals surface area contributed by atoms with Gasteiger partial charge in [0.15, 0.2) is 0 Å². The van der Waals surface area contributed by atoms with Crippen molar-refractivity contribution in [2.45, 2.75) is 13.5 Å². The minimum Gasteiger partial charge on any atom is -0.488 e. The lowest BCUT2D eigenvalue weighted by atomic mass is 10.00. The average molecular weight is 528 g/mol. The van der Waals surface area contributed by atoms with E-state index in [9.17, 15) is 0 Å². The van der Waals surface area contributed by atoms with Gasteiger partial charge in [0.2, 0.25) is 0 Å². The Morgan fingerprint density at radius 2 is 1.49 bits per heavy atom. The fourth-order valence-electron chi connectivity index (χ4n) is 3.76. The molecule has 39 heavy (non-hydrogen) atoms. The van der Waals surface area contributed by atoms with Crippen molar-refractivity contribution in [1.82, 2.24) is 5.32 Å². The van der Waals surface area contributed by atoms with Gasteiger partial charge in [0, 0.05) is 31.1 Å². The van der Waals surface area contributed by atoms with Crippen LogP contribution in [0, 0.1) is 6.92 Å². The standard InChI is InChI=1S/C22H25N3OS.C12H4/c1-16-19(17-6-3-2-4-7-17)8-5-9-21(16)26-15-18-14-20(23)22(27-18)25-12-10-24-11-13-25;1-3-5-7-9-11-12-10-8-6-4-2/h2-9,14,24H,10-13,15,23H2,1H3;1-2H2. The maximum Gasteiger partial charge on any atom is 0.123 e. The number of hydrogen-bond donors (Lipinski definition) is 2. The van der Waals surface area contributed by atoms with Crippen LogP contribution in [0.3, 0.4) is 0 Å². The van der Waals surface area contributed by atoms with E-state index in [0.29, 0.717) is 6.61 Å². The van der Waals surface area contributed by atoms with Crippen LogP contribution in [0.1, 0.15) is 10.4 Å². The molecule has 0 atom stereocenters. The first-order valence-electron chi connectivity index (χ1n) is 12.3. The number of thiophene rings is 1. The van der Waals surface area contributed by atoms with Gasteiger partial charge in [0.1, 0.15) is 17.4 Å². The third-order valence-corrected chi connectivity index (χ3v) is 6.73. The van der Waals surface area contributed by atoms with Crippen LogP contribution in [0.25, 0.3) is 11.1 Å². The van der Waals surface area contributed by atoms with Crippen molar-refractivity contribution >= 4 is 22.0 Å². The van der Waals surface area contributed by atoms with Gasteiger partial charge >= 0.3 is 0 Å². The van der Waals surface area contributed by atoms with Crippen LogP contribution >= 0.6 is 11.3 Å². The molecule has 0 unspecified atom stereocenters. The maximum atomic E-state index is 6.26. The third kappa shape index (κ3) is 9.13. The van der Waals surface area contributed by atoms with E-state index in [-0.39, 0.29) is 0 Å². The lowest BCUT2D eigenvalue weighted by molar-refractivity contribution is 0.308. The summed E-state index contributed by atoms with van der Waals surface area (Å²) in [7, 11) is 0. The molecule has 1 aliphatic heterocycles. The van der Waals surface area contributed by atoms with E-state index < -0.39 is 0 Å². The quantitative estimate of drug-likeness (QED) is 0.365. The summed E-state index contributed by atoms with van der Waals surface area (Å²) < 4.78 is 6.16. The van der Waals surface area contributed by atoms with Gasteiger partial charge in [-0.05, 0) is 94.8 Å². The molecule has 4 rings (SSSR count). The van der Waals surface area contributed by atoms with E-state index in [1.54, 1.807) is 11.3 Å². The van der Waals surface area contributed by atoms with Crippen LogP contribution < -0.4 is 20.7 Å². The van der Waals surface area contributed by atoms with E-state index in [4.69, 9.17) is 10.5 Å². The Bertz CT molecular complexity index is 1600. The number of piperazine rings is 1. The Morgan fingerprint density at radius 3 is 2.10 bits per heavy atom. The zero-order chi connectivity index (χ0) is 27.7. The number of hydrogen-bond acceptors (Lipinski definition) is 5. The number of nitrogens with one attached hydrogen (secondary N) is 1. The van der Waals surface area contributed by atoms with Crippen molar-refractivity contribution < 1.29 is 4.74 Å². The Morgan fingerprint density at radius 1 is 0.872 bits per heavy atom. The Kier molecular flexibility index (Phi) is 11.7. The average Bonchev–Trinajstić information content (AvgIpc) is 3.35. The summed E-state index contributed by atoms with van der Waals surface area (Å²) in [5.41, 5.74) is 35.1. The smallest absolute Gasteiger partial charge is 0.123 e. The summed E-state index contributed by atoms with van der Waals surface area (Å²) in [5.74, 6) is 0.923. The van der Waals surface area contributed by atoms with Crippen molar-refractivity contribution in [1.29, 1.82) is 0 Å². The van der Waals surface area contributed by atoms with Gasteiger partial charge in [-0.1, -0.05) is 53.9 Å². The van der Waals surface area contributed by atoms with E-state index in [1.807, 2.05) is 12.1 Å². The molecule has 5 heteroatoms. The number of ether oxygens (including phenoxy) is 1. The first-order valence-corrected chi connectivity index (χ1v) is 13.1. The molecule has 1 saturated heterocycles.